The van der Waals surface area contributed by atoms with Crippen LogP contribution in [0.3, 0.4) is 0 Å². The van der Waals surface area contributed by atoms with Crippen LogP contribution in [-0.4, -0.2) is 19.0 Å². The third-order valence-electron chi connectivity index (χ3n) is 2.90. The molecule has 0 aromatic heterocycles. The Morgan fingerprint density at radius 2 is 1.77 bits per heavy atom. The lowest BCUT2D eigenvalue weighted by molar-refractivity contribution is 0.0988. The maximum absolute atomic E-state index is 12.7. The third kappa shape index (κ3) is 4.61. The molecule has 0 bridgehead atoms. The lowest BCUT2D eigenvalue weighted by Gasteiger charge is -2.23. The zero-order chi connectivity index (χ0) is 15.4. The van der Waals surface area contributed by atoms with Crippen LogP contribution >= 0.6 is 51.5 Å². The van der Waals surface area contributed by atoms with Gasteiger partial charge in [-0.25, -0.2) is 0 Å². The first kappa shape index (κ1) is 19.3. The lowest BCUT2D eigenvalue weighted by Crippen LogP contribution is -2.35. The number of anilines is 1. The van der Waals surface area contributed by atoms with Crippen molar-refractivity contribution in [1.29, 1.82) is 0 Å². The average molecular weight is 425 g/mol. The lowest BCUT2D eigenvalue weighted by atomic mass is 10.1. The largest absolute Gasteiger partial charge is 0.329 e. The molecule has 7 heteroatoms. The second kappa shape index (κ2) is 8.75. The summed E-state index contributed by atoms with van der Waals surface area (Å²) >= 11 is 15.3. The Morgan fingerprint density at radius 1 is 1.14 bits per heavy atom. The van der Waals surface area contributed by atoms with Crippen LogP contribution in [0.25, 0.3) is 0 Å². The first-order valence-corrected chi connectivity index (χ1v) is 7.80. The number of carbonyl (C=O) groups is 1. The van der Waals surface area contributed by atoms with E-state index in [0.717, 1.165) is 10.2 Å². The van der Waals surface area contributed by atoms with Crippen molar-refractivity contribution in [3.05, 3.63) is 62.5 Å². The average Bonchev–Trinajstić information content (AvgIpc) is 2.45. The smallest absolute Gasteiger partial charge is 0.259 e. The number of rotatable bonds is 4. The van der Waals surface area contributed by atoms with E-state index in [0.29, 0.717) is 28.7 Å². The molecule has 0 aliphatic carbocycles. The van der Waals surface area contributed by atoms with Gasteiger partial charge in [-0.15, -0.1) is 12.4 Å². The molecule has 0 aliphatic heterocycles. The second-order valence-electron chi connectivity index (χ2n) is 4.35. The molecule has 118 valence electrons. The van der Waals surface area contributed by atoms with Crippen LogP contribution in [0.2, 0.25) is 10.0 Å². The standard InChI is InChI=1S/C15H13BrCl2N2O.ClH/c16-10-1-4-12(5-2-10)20(8-7-19)15(21)13-6-3-11(17)9-14(13)18;/h1-6,9H,7-8,19H2;1H. The van der Waals surface area contributed by atoms with Gasteiger partial charge in [0.2, 0.25) is 0 Å². The van der Waals surface area contributed by atoms with E-state index in [9.17, 15) is 4.79 Å². The Kier molecular flexibility index (Phi) is 7.66. The number of carbonyl (C=O) groups excluding carboxylic acids is 1. The molecule has 1 amide bonds. The van der Waals surface area contributed by atoms with E-state index in [1.54, 1.807) is 23.1 Å². The van der Waals surface area contributed by atoms with Gasteiger partial charge in [0.1, 0.15) is 0 Å². The molecule has 0 atom stereocenters. The summed E-state index contributed by atoms with van der Waals surface area (Å²) in [5, 5.41) is 0.817. The highest BCUT2D eigenvalue weighted by Crippen LogP contribution is 2.25. The number of nitrogens with zero attached hydrogens (tertiary/aromatic N) is 1. The normalized spacial score (nSPS) is 10.0. The first-order valence-electron chi connectivity index (χ1n) is 6.25. The summed E-state index contributed by atoms with van der Waals surface area (Å²) in [4.78, 5) is 14.3. The number of hydrogen-bond acceptors (Lipinski definition) is 2. The van der Waals surface area contributed by atoms with Gasteiger partial charge in [-0.3, -0.25) is 4.79 Å². The second-order valence-corrected chi connectivity index (χ2v) is 6.11. The van der Waals surface area contributed by atoms with Crippen LogP contribution in [0, 0.1) is 0 Å². The maximum atomic E-state index is 12.7. The van der Waals surface area contributed by atoms with Crippen molar-refractivity contribution in [1.82, 2.24) is 0 Å². The Morgan fingerprint density at radius 3 is 2.32 bits per heavy atom. The number of nitrogens with two attached hydrogens (primary N) is 1. The summed E-state index contributed by atoms with van der Waals surface area (Å²) in [6.45, 7) is 0.756. The highest BCUT2D eigenvalue weighted by molar-refractivity contribution is 9.10. The van der Waals surface area contributed by atoms with Gasteiger partial charge in [0.25, 0.3) is 5.91 Å². The third-order valence-corrected chi connectivity index (χ3v) is 3.97. The molecule has 0 aliphatic rings. The number of halogens is 4. The molecule has 2 aromatic rings. The fourth-order valence-electron chi connectivity index (χ4n) is 1.91. The van der Waals surface area contributed by atoms with E-state index >= 15 is 0 Å². The van der Waals surface area contributed by atoms with Crippen LogP contribution in [0.15, 0.2) is 46.9 Å². The molecule has 3 nitrogen and oxygen atoms in total. The van der Waals surface area contributed by atoms with Gasteiger partial charge in [0.05, 0.1) is 10.6 Å². The molecule has 22 heavy (non-hydrogen) atoms. The van der Waals surface area contributed by atoms with Crippen molar-refractivity contribution < 1.29 is 4.79 Å². The van der Waals surface area contributed by atoms with Crippen LogP contribution in [0.1, 0.15) is 10.4 Å². The quantitative estimate of drug-likeness (QED) is 0.768. The molecule has 0 fully saturated rings. The van der Waals surface area contributed by atoms with Crippen molar-refractivity contribution >= 4 is 63.1 Å². The molecular weight excluding hydrogens is 410 g/mol. The molecule has 0 heterocycles. The van der Waals surface area contributed by atoms with E-state index in [2.05, 4.69) is 15.9 Å². The van der Waals surface area contributed by atoms with Crippen LogP contribution in [0.5, 0.6) is 0 Å². The minimum atomic E-state index is -0.204. The Balaban J connectivity index is 0.00000242. The Bertz CT molecular complexity index is 650. The Labute approximate surface area is 153 Å². The number of benzene rings is 2. The summed E-state index contributed by atoms with van der Waals surface area (Å²) in [5.41, 5.74) is 6.78. The van der Waals surface area contributed by atoms with Gasteiger partial charge in [-0.1, -0.05) is 39.1 Å². The van der Waals surface area contributed by atoms with E-state index in [4.69, 9.17) is 28.9 Å². The van der Waals surface area contributed by atoms with Gasteiger partial charge in [0.15, 0.2) is 0 Å². The summed E-state index contributed by atoms with van der Waals surface area (Å²) < 4.78 is 0.941. The number of amides is 1. The van der Waals surface area contributed by atoms with E-state index < -0.39 is 0 Å². The predicted molar refractivity (Wildman–Crippen MR) is 98.6 cm³/mol. The van der Waals surface area contributed by atoms with Gasteiger partial charge in [-0.2, -0.15) is 0 Å². The SMILES string of the molecule is Cl.NCCN(C(=O)c1ccc(Cl)cc1Cl)c1ccc(Br)cc1. The van der Waals surface area contributed by atoms with Gasteiger partial charge >= 0.3 is 0 Å². The Hall–Kier alpha value is -0.780. The zero-order valence-corrected chi connectivity index (χ0v) is 15.3. The summed E-state index contributed by atoms with van der Waals surface area (Å²) in [6, 6.07) is 12.3. The molecule has 0 unspecified atom stereocenters. The monoisotopic (exact) mass is 422 g/mol. The predicted octanol–water partition coefficient (Wildman–Crippen LogP) is 4.78. The first-order chi connectivity index (χ1) is 10.0. The van der Waals surface area contributed by atoms with Crippen molar-refractivity contribution in [2.75, 3.05) is 18.0 Å². The minimum Gasteiger partial charge on any atom is -0.329 e. The molecule has 0 radical (unpaired) electrons. The fourth-order valence-corrected chi connectivity index (χ4v) is 2.66. The summed E-state index contributed by atoms with van der Waals surface area (Å²) in [7, 11) is 0. The van der Waals surface area contributed by atoms with Gasteiger partial charge in [-0.05, 0) is 42.5 Å². The maximum Gasteiger partial charge on any atom is 0.259 e. The molecule has 2 N–H and O–H groups in total. The minimum absolute atomic E-state index is 0. The van der Waals surface area contributed by atoms with Crippen molar-refractivity contribution in [3.63, 3.8) is 0 Å². The van der Waals surface area contributed by atoms with Gasteiger partial charge < -0.3 is 10.6 Å². The van der Waals surface area contributed by atoms with Crippen molar-refractivity contribution in [2.24, 2.45) is 5.73 Å². The molecule has 0 spiro atoms. The van der Waals surface area contributed by atoms with E-state index in [1.807, 2.05) is 24.3 Å². The van der Waals surface area contributed by atoms with Gasteiger partial charge in [0, 0.05) is 28.3 Å². The molecular formula is C15H14BrCl3N2O. The van der Waals surface area contributed by atoms with E-state index in [1.165, 1.54) is 0 Å². The molecule has 0 saturated heterocycles. The van der Waals surface area contributed by atoms with Crippen LogP contribution in [0.4, 0.5) is 5.69 Å². The summed E-state index contributed by atoms with van der Waals surface area (Å²) in [6.07, 6.45) is 0. The van der Waals surface area contributed by atoms with Crippen molar-refractivity contribution in [2.45, 2.75) is 0 Å². The van der Waals surface area contributed by atoms with Crippen LogP contribution in [-0.2, 0) is 0 Å². The highest BCUT2D eigenvalue weighted by Gasteiger charge is 2.19. The topological polar surface area (TPSA) is 46.3 Å². The fraction of sp³-hybridized carbons (Fsp3) is 0.133. The molecule has 0 saturated carbocycles. The van der Waals surface area contributed by atoms with E-state index in [-0.39, 0.29) is 18.3 Å². The highest BCUT2D eigenvalue weighted by atomic mass is 79.9. The zero-order valence-electron chi connectivity index (χ0n) is 11.4. The molecule has 2 aromatic carbocycles. The molecule has 2 rings (SSSR count). The van der Waals surface area contributed by atoms with Crippen LogP contribution < -0.4 is 10.6 Å². The number of hydrogen-bond donors (Lipinski definition) is 1. The van der Waals surface area contributed by atoms with Crippen molar-refractivity contribution in [3.8, 4) is 0 Å². The summed E-state index contributed by atoms with van der Waals surface area (Å²) in [5.74, 6) is -0.204.